The third-order valence-corrected chi connectivity index (χ3v) is 8.30. The fourth-order valence-corrected chi connectivity index (χ4v) is 6.02. The first kappa shape index (κ1) is 26.1. The number of nitrogens with zero attached hydrogens (tertiary/aromatic N) is 5. The second-order valence-electron chi connectivity index (χ2n) is 11.1. The lowest BCUT2D eigenvalue weighted by molar-refractivity contribution is -0.140. The SMILES string of the molecule is CC(=O)c1nn(CC(=O)N2[C@H](C(=O)NCc3cccc(Cl)c3)C[C@@]3(C)C[C@@H]23)c2ccc(-c3cnc(C)nc3)cc12. The fourth-order valence-electron chi connectivity index (χ4n) is 5.80. The van der Waals surface area contributed by atoms with E-state index < -0.39 is 6.04 Å². The average molecular weight is 557 g/mol. The molecular weight excluding hydrogens is 528 g/mol. The quantitative estimate of drug-likeness (QED) is 0.339. The molecular formula is C30H29ClN6O3. The highest BCUT2D eigenvalue weighted by Gasteiger charge is 2.64. The van der Waals surface area contributed by atoms with Gasteiger partial charge < -0.3 is 10.2 Å². The van der Waals surface area contributed by atoms with Crippen molar-refractivity contribution < 1.29 is 14.4 Å². The summed E-state index contributed by atoms with van der Waals surface area (Å²) in [6.45, 7) is 5.67. The van der Waals surface area contributed by atoms with E-state index in [1.165, 1.54) is 6.92 Å². The van der Waals surface area contributed by atoms with Crippen LogP contribution in [0, 0.1) is 12.3 Å². The minimum Gasteiger partial charge on any atom is -0.350 e. The number of benzene rings is 2. The van der Waals surface area contributed by atoms with Gasteiger partial charge in [-0.05, 0) is 60.6 Å². The zero-order valence-corrected chi connectivity index (χ0v) is 23.3. The first-order chi connectivity index (χ1) is 19.1. The zero-order chi connectivity index (χ0) is 28.2. The van der Waals surface area contributed by atoms with E-state index in [-0.39, 0.29) is 35.6 Å². The molecule has 2 fully saturated rings. The van der Waals surface area contributed by atoms with Gasteiger partial charge in [0, 0.05) is 47.9 Å². The summed E-state index contributed by atoms with van der Waals surface area (Å²) in [7, 11) is 0. The largest absolute Gasteiger partial charge is 0.350 e. The predicted molar refractivity (Wildman–Crippen MR) is 151 cm³/mol. The van der Waals surface area contributed by atoms with Crippen LogP contribution in [0.1, 0.15) is 48.6 Å². The van der Waals surface area contributed by atoms with Crippen molar-refractivity contribution in [1.29, 1.82) is 0 Å². The molecule has 9 nitrogen and oxygen atoms in total. The molecule has 1 saturated heterocycles. The number of aromatic nitrogens is 4. The summed E-state index contributed by atoms with van der Waals surface area (Å²) in [5.74, 6) is 0.111. The summed E-state index contributed by atoms with van der Waals surface area (Å²) < 4.78 is 1.57. The van der Waals surface area contributed by atoms with Crippen LogP contribution in [0.15, 0.2) is 54.9 Å². The van der Waals surface area contributed by atoms with Gasteiger partial charge in [-0.1, -0.05) is 36.7 Å². The van der Waals surface area contributed by atoms with Crippen molar-refractivity contribution in [2.24, 2.45) is 5.41 Å². The molecule has 6 rings (SSSR count). The van der Waals surface area contributed by atoms with E-state index in [0.717, 1.165) is 23.1 Å². The Morgan fingerprint density at radius 3 is 2.58 bits per heavy atom. The highest BCUT2D eigenvalue weighted by atomic mass is 35.5. The predicted octanol–water partition coefficient (Wildman–Crippen LogP) is 4.35. The van der Waals surface area contributed by atoms with Gasteiger partial charge in [0.25, 0.3) is 0 Å². The molecule has 1 saturated carbocycles. The van der Waals surface area contributed by atoms with Gasteiger partial charge in [-0.25, -0.2) is 9.97 Å². The van der Waals surface area contributed by atoms with E-state index in [1.807, 2.05) is 43.3 Å². The molecule has 2 aromatic heterocycles. The number of hydrogen-bond donors (Lipinski definition) is 1. The van der Waals surface area contributed by atoms with Crippen LogP contribution >= 0.6 is 11.6 Å². The number of likely N-dealkylation sites (tertiary alicyclic amines) is 1. The lowest BCUT2D eigenvalue weighted by atomic mass is 10.0. The van der Waals surface area contributed by atoms with Gasteiger partial charge in [-0.2, -0.15) is 5.10 Å². The van der Waals surface area contributed by atoms with E-state index in [0.29, 0.717) is 40.4 Å². The fraction of sp³-hybridized carbons (Fsp3) is 0.333. The minimum absolute atomic E-state index is 0.0177. The van der Waals surface area contributed by atoms with Crippen LogP contribution in [0.5, 0.6) is 0 Å². The van der Waals surface area contributed by atoms with Crippen molar-refractivity contribution in [3.8, 4) is 11.1 Å². The van der Waals surface area contributed by atoms with Crippen LogP contribution < -0.4 is 5.32 Å². The first-order valence-corrected chi connectivity index (χ1v) is 13.6. The molecule has 0 spiro atoms. The molecule has 10 heteroatoms. The number of Topliss-reactive ketones (excluding diaryl/α,β-unsaturated/α-hetero) is 1. The Morgan fingerprint density at radius 2 is 1.85 bits per heavy atom. The highest BCUT2D eigenvalue weighted by molar-refractivity contribution is 6.30. The van der Waals surface area contributed by atoms with E-state index in [2.05, 4.69) is 27.3 Å². The Bertz CT molecular complexity index is 1670. The lowest BCUT2D eigenvalue weighted by Gasteiger charge is -2.27. The van der Waals surface area contributed by atoms with Crippen LogP contribution in [0.4, 0.5) is 0 Å². The summed E-state index contributed by atoms with van der Waals surface area (Å²) >= 11 is 6.08. The Labute approximate surface area is 236 Å². The third-order valence-electron chi connectivity index (χ3n) is 8.06. The van der Waals surface area contributed by atoms with Crippen LogP contribution in [-0.4, -0.2) is 54.3 Å². The second kappa shape index (κ2) is 9.82. The molecule has 0 unspecified atom stereocenters. The van der Waals surface area contributed by atoms with Gasteiger partial charge in [0.1, 0.15) is 24.1 Å². The van der Waals surface area contributed by atoms with Gasteiger partial charge >= 0.3 is 0 Å². The molecule has 1 aliphatic heterocycles. The minimum atomic E-state index is -0.558. The Morgan fingerprint density at radius 1 is 1.07 bits per heavy atom. The molecule has 204 valence electrons. The van der Waals surface area contributed by atoms with Gasteiger partial charge in [-0.15, -0.1) is 0 Å². The van der Waals surface area contributed by atoms with Gasteiger partial charge in [0.05, 0.1) is 5.52 Å². The molecule has 1 N–H and O–H groups in total. The molecule has 2 amide bonds. The summed E-state index contributed by atoms with van der Waals surface area (Å²) in [5, 5.41) is 8.78. The molecule has 2 aliphatic rings. The number of ketones is 1. The Kier molecular flexibility index (Phi) is 6.41. The van der Waals surface area contributed by atoms with Crippen LogP contribution in [-0.2, 0) is 22.7 Å². The molecule has 40 heavy (non-hydrogen) atoms. The van der Waals surface area contributed by atoms with Gasteiger partial charge in [0.2, 0.25) is 11.8 Å². The number of hydrogen-bond acceptors (Lipinski definition) is 6. The van der Waals surface area contributed by atoms with Crippen molar-refractivity contribution in [1.82, 2.24) is 30.0 Å². The zero-order valence-electron chi connectivity index (χ0n) is 22.5. The number of aryl methyl sites for hydroxylation is 1. The van der Waals surface area contributed by atoms with E-state index >= 15 is 0 Å². The van der Waals surface area contributed by atoms with Crippen molar-refractivity contribution in [3.05, 3.63) is 77.0 Å². The number of nitrogens with one attached hydrogen (secondary N) is 1. The topological polar surface area (TPSA) is 110 Å². The molecule has 0 bridgehead atoms. The summed E-state index contributed by atoms with van der Waals surface area (Å²) in [4.78, 5) is 49.8. The lowest BCUT2D eigenvalue weighted by Crippen LogP contribution is -2.48. The van der Waals surface area contributed by atoms with Crippen molar-refractivity contribution in [3.63, 3.8) is 0 Å². The molecule has 1 aliphatic carbocycles. The highest BCUT2D eigenvalue weighted by Crippen LogP contribution is 2.59. The number of halogens is 1. The van der Waals surface area contributed by atoms with Crippen LogP contribution in [0.3, 0.4) is 0 Å². The van der Waals surface area contributed by atoms with Crippen molar-refractivity contribution in [2.75, 3.05) is 0 Å². The number of rotatable bonds is 7. The molecule has 4 aromatic rings. The molecule has 0 radical (unpaired) electrons. The van der Waals surface area contributed by atoms with Crippen LogP contribution in [0.25, 0.3) is 22.0 Å². The monoisotopic (exact) mass is 556 g/mol. The summed E-state index contributed by atoms with van der Waals surface area (Å²) in [6, 6.07) is 12.4. The Hall–Kier alpha value is -4.11. The summed E-state index contributed by atoms with van der Waals surface area (Å²) in [5.41, 5.74) is 3.48. The van der Waals surface area contributed by atoms with E-state index in [9.17, 15) is 14.4 Å². The molecule has 3 heterocycles. The maximum absolute atomic E-state index is 13.7. The maximum Gasteiger partial charge on any atom is 0.245 e. The first-order valence-electron chi connectivity index (χ1n) is 13.3. The van der Waals surface area contributed by atoms with Gasteiger partial charge in [-0.3, -0.25) is 19.1 Å². The summed E-state index contributed by atoms with van der Waals surface area (Å²) in [6.07, 6.45) is 4.97. The standard InChI is InChI=1S/C30H29ClN6O3/c1-17(38)28-23-10-20(21-14-32-18(2)33-15-21)7-8-24(23)36(35-28)16-27(39)37-25(11-30(3)12-26(30)37)29(40)34-13-19-5-4-6-22(31)9-19/h4-10,14-15,25-26H,11-13,16H2,1-3H3,(H,34,40)/t25-,26+,30-/m0/s1. The number of amides is 2. The number of carbonyl (C=O) groups is 3. The van der Waals surface area contributed by atoms with E-state index in [1.54, 1.807) is 28.0 Å². The smallest absolute Gasteiger partial charge is 0.245 e. The normalized spacial score (nSPS) is 21.4. The number of fused-ring (bicyclic) bond motifs is 2. The van der Waals surface area contributed by atoms with Crippen molar-refractivity contribution >= 4 is 40.1 Å². The molecule has 3 atom stereocenters. The maximum atomic E-state index is 13.7. The Balaban J connectivity index is 1.25. The van der Waals surface area contributed by atoms with Crippen molar-refractivity contribution in [2.45, 2.75) is 58.8 Å². The third kappa shape index (κ3) is 4.75. The number of piperidine rings is 1. The molecule has 2 aromatic carbocycles. The average Bonchev–Trinajstić information content (AvgIpc) is 3.29. The second-order valence-corrected chi connectivity index (χ2v) is 11.5. The van der Waals surface area contributed by atoms with Gasteiger partial charge in [0.15, 0.2) is 5.78 Å². The van der Waals surface area contributed by atoms with E-state index in [4.69, 9.17) is 11.6 Å². The van der Waals surface area contributed by atoms with Crippen LogP contribution in [0.2, 0.25) is 5.02 Å². The number of carbonyl (C=O) groups excluding carboxylic acids is 3.